The number of rotatable bonds is 6. The van der Waals surface area contributed by atoms with Crippen molar-refractivity contribution in [2.45, 2.75) is 19.8 Å². The van der Waals surface area contributed by atoms with Crippen molar-refractivity contribution >= 4 is 34.0 Å². The van der Waals surface area contributed by atoms with Crippen LogP contribution >= 0.6 is 11.3 Å². The molecule has 0 saturated heterocycles. The fourth-order valence-electron chi connectivity index (χ4n) is 2.42. The first-order valence-electron chi connectivity index (χ1n) is 8.18. The standard InChI is InChI=1S/C18H17N5O3S/c1-12(2)16-11-19-21-22(16)14-5-3-4-13(10-14)20-17(24)8-6-15-7-9-18(27-15)23(25)26/h3-12H,1-2H3,(H,20,24)/b8-6+. The minimum Gasteiger partial charge on any atom is -0.322 e. The van der Waals surface area contributed by atoms with Gasteiger partial charge in [-0.05, 0) is 36.3 Å². The molecule has 0 unspecified atom stereocenters. The summed E-state index contributed by atoms with van der Waals surface area (Å²) in [6.45, 7) is 4.11. The number of hydrogen-bond donors (Lipinski definition) is 1. The van der Waals surface area contributed by atoms with Crippen molar-refractivity contribution in [1.82, 2.24) is 15.0 Å². The lowest BCUT2D eigenvalue weighted by Crippen LogP contribution is -2.09. The van der Waals surface area contributed by atoms with Crippen molar-refractivity contribution < 1.29 is 9.72 Å². The topological polar surface area (TPSA) is 103 Å². The summed E-state index contributed by atoms with van der Waals surface area (Å²) in [6, 6.07) is 10.3. The van der Waals surface area contributed by atoms with Gasteiger partial charge >= 0.3 is 5.00 Å². The van der Waals surface area contributed by atoms with E-state index in [0.717, 1.165) is 22.7 Å². The summed E-state index contributed by atoms with van der Waals surface area (Å²) in [6.07, 6.45) is 4.61. The summed E-state index contributed by atoms with van der Waals surface area (Å²) >= 11 is 1.01. The van der Waals surface area contributed by atoms with Crippen molar-refractivity contribution in [1.29, 1.82) is 0 Å². The van der Waals surface area contributed by atoms with Crippen molar-refractivity contribution in [2.75, 3.05) is 5.32 Å². The van der Waals surface area contributed by atoms with Crippen molar-refractivity contribution in [3.8, 4) is 5.69 Å². The van der Waals surface area contributed by atoms with Gasteiger partial charge in [-0.15, -0.1) is 5.10 Å². The highest BCUT2D eigenvalue weighted by Gasteiger charge is 2.11. The maximum Gasteiger partial charge on any atom is 0.324 e. The Labute approximate surface area is 159 Å². The number of nitrogens with zero attached hydrogens (tertiary/aromatic N) is 4. The third kappa shape index (κ3) is 4.45. The molecule has 0 bridgehead atoms. The summed E-state index contributed by atoms with van der Waals surface area (Å²) in [7, 11) is 0. The highest BCUT2D eigenvalue weighted by atomic mass is 32.1. The quantitative estimate of drug-likeness (QED) is 0.393. The number of benzene rings is 1. The van der Waals surface area contributed by atoms with Gasteiger partial charge in [-0.3, -0.25) is 14.9 Å². The van der Waals surface area contributed by atoms with Crippen molar-refractivity contribution in [2.24, 2.45) is 0 Å². The molecule has 3 rings (SSSR count). The molecule has 0 saturated carbocycles. The maximum atomic E-state index is 12.1. The van der Waals surface area contributed by atoms with Crippen LogP contribution in [0.1, 0.15) is 30.3 Å². The first-order valence-corrected chi connectivity index (χ1v) is 9.00. The van der Waals surface area contributed by atoms with Gasteiger partial charge in [-0.2, -0.15) is 0 Å². The van der Waals surface area contributed by atoms with E-state index in [9.17, 15) is 14.9 Å². The molecule has 0 aliphatic carbocycles. The first-order chi connectivity index (χ1) is 12.9. The molecule has 0 aliphatic rings. The fourth-order valence-corrected chi connectivity index (χ4v) is 3.15. The zero-order valence-corrected chi connectivity index (χ0v) is 15.5. The molecule has 1 amide bonds. The molecule has 1 aromatic carbocycles. The number of nitro groups is 1. The number of carbonyl (C=O) groups is 1. The van der Waals surface area contributed by atoms with Crippen LogP contribution in [0.15, 0.2) is 48.7 Å². The molecule has 2 aromatic heterocycles. The summed E-state index contributed by atoms with van der Waals surface area (Å²) in [5, 5.41) is 21.6. The highest BCUT2D eigenvalue weighted by molar-refractivity contribution is 7.16. The van der Waals surface area contributed by atoms with Gasteiger partial charge in [-0.25, -0.2) is 4.68 Å². The van der Waals surface area contributed by atoms with Crippen LogP contribution in [0.25, 0.3) is 11.8 Å². The van der Waals surface area contributed by atoms with E-state index < -0.39 is 4.92 Å². The van der Waals surface area contributed by atoms with Gasteiger partial charge in [0.2, 0.25) is 5.91 Å². The Morgan fingerprint density at radius 3 is 2.85 bits per heavy atom. The molecule has 138 valence electrons. The lowest BCUT2D eigenvalue weighted by atomic mass is 10.1. The number of carbonyl (C=O) groups excluding carboxylic acids is 1. The number of nitrogens with one attached hydrogen (secondary N) is 1. The van der Waals surface area contributed by atoms with Crippen molar-refractivity contribution in [3.05, 3.63) is 69.4 Å². The predicted molar refractivity (Wildman–Crippen MR) is 104 cm³/mol. The van der Waals surface area contributed by atoms with Gasteiger partial charge in [0.05, 0.1) is 22.5 Å². The molecule has 0 aliphatic heterocycles. The third-order valence-electron chi connectivity index (χ3n) is 3.72. The molecular weight excluding hydrogens is 366 g/mol. The Balaban J connectivity index is 1.72. The van der Waals surface area contributed by atoms with Crippen molar-refractivity contribution in [3.63, 3.8) is 0 Å². The number of aromatic nitrogens is 3. The fraction of sp³-hybridized carbons (Fsp3) is 0.167. The van der Waals surface area contributed by atoms with Crippen LogP contribution < -0.4 is 5.32 Å². The minimum absolute atomic E-state index is 0.0385. The minimum atomic E-state index is -0.455. The third-order valence-corrected chi connectivity index (χ3v) is 4.72. The molecular formula is C18H17N5O3S. The molecule has 8 nitrogen and oxygen atoms in total. The number of hydrogen-bond acceptors (Lipinski definition) is 6. The Bertz CT molecular complexity index is 1010. The Kier molecular flexibility index (Phi) is 5.41. The molecule has 3 aromatic rings. The molecule has 0 fully saturated rings. The Morgan fingerprint density at radius 1 is 1.33 bits per heavy atom. The number of thiophene rings is 1. The van der Waals surface area contributed by atoms with E-state index in [2.05, 4.69) is 29.5 Å². The second-order valence-corrected chi connectivity index (χ2v) is 7.13. The van der Waals surface area contributed by atoms with E-state index in [1.165, 1.54) is 12.1 Å². The lowest BCUT2D eigenvalue weighted by molar-refractivity contribution is -0.380. The van der Waals surface area contributed by atoms with E-state index >= 15 is 0 Å². The monoisotopic (exact) mass is 383 g/mol. The van der Waals surface area contributed by atoms with Gasteiger partial charge in [0, 0.05) is 22.7 Å². The lowest BCUT2D eigenvalue weighted by Gasteiger charge is -2.10. The van der Waals surface area contributed by atoms with Crippen LogP contribution in [0, 0.1) is 10.1 Å². The Morgan fingerprint density at radius 2 is 2.15 bits per heavy atom. The molecule has 9 heteroatoms. The summed E-state index contributed by atoms with van der Waals surface area (Å²) in [5.74, 6) is -0.0677. The SMILES string of the molecule is CC(C)c1cnnn1-c1cccc(NC(=O)/C=C/c2ccc([N+](=O)[O-])s2)c1. The summed E-state index contributed by atoms with van der Waals surface area (Å²) in [5.41, 5.74) is 2.38. The normalized spacial score (nSPS) is 11.2. The maximum absolute atomic E-state index is 12.1. The predicted octanol–water partition coefficient (Wildman–Crippen LogP) is 4.01. The average Bonchev–Trinajstić information content (AvgIpc) is 3.30. The second-order valence-electron chi connectivity index (χ2n) is 6.03. The zero-order chi connectivity index (χ0) is 19.4. The molecule has 1 N–H and O–H groups in total. The van der Waals surface area contributed by atoms with E-state index in [0.29, 0.717) is 10.6 Å². The van der Waals surface area contributed by atoms with E-state index in [1.807, 2.05) is 18.2 Å². The van der Waals surface area contributed by atoms with Crippen LogP contribution in [-0.4, -0.2) is 25.8 Å². The van der Waals surface area contributed by atoms with Gasteiger partial charge in [0.15, 0.2) is 0 Å². The molecule has 0 radical (unpaired) electrons. The number of amides is 1. The molecule has 0 atom stereocenters. The van der Waals surface area contributed by atoms with Gasteiger partial charge in [0.25, 0.3) is 0 Å². The summed E-state index contributed by atoms with van der Waals surface area (Å²) in [4.78, 5) is 23.0. The largest absolute Gasteiger partial charge is 0.324 e. The second kappa shape index (κ2) is 7.92. The number of anilines is 1. The molecule has 0 spiro atoms. The smallest absolute Gasteiger partial charge is 0.322 e. The van der Waals surface area contributed by atoms with Gasteiger partial charge in [-0.1, -0.05) is 36.5 Å². The van der Waals surface area contributed by atoms with Gasteiger partial charge < -0.3 is 5.32 Å². The Hall–Kier alpha value is -3.33. The van der Waals surface area contributed by atoms with E-state index in [-0.39, 0.29) is 16.8 Å². The van der Waals surface area contributed by atoms with E-state index in [4.69, 9.17) is 0 Å². The first kappa shape index (κ1) is 18.5. The summed E-state index contributed by atoms with van der Waals surface area (Å²) < 4.78 is 1.74. The van der Waals surface area contributed by atoms with Crippen LogP contribution in [-0.2, 0) is 4.79 Å². The highest BCUT2D eigenvalue weighted by Crippen LogP contribution is 2.25. The molecule has 2 heterocycles. The zero-order valence-electron chi connectivity index (χ0n) is 14.7. The average molecular weight is 383 g/mol. The molecule has 27 heavy (non-hydrogen) atoms. The van der Waals surface area contributed by atoms with E-state index in [1.54, 1.807) is 29.1 Å². The van der Waals surface area contributed by atoms with Crippen LogP contribution in [0.4, 0.5) is 10.7 Å². The van der Waals surface area contributed by atoms with Crippen LogP contribution in [0.5, 0.6) is 0 Å². The van der Waals surface area contributed by atoms with Gasteiger partial charge in [0.1, 0.15) is 0 Å². The van der Waals surface area contributed by atoms with Crippen LogP contribution in [0.3, 0.4) is 0 Å². The van der Waals surface area contributed by atoms with Crippen LogP contribution in [0.2, 0.25) is 0 Å².